The van der Waals surface area contributed by atoms with Crippen molar-refractivity contribution in [1.82, 2.24) is 0 Å². The van der Waals surface area contributed by atoms with Crippen molar-refractivity contribution in [2.45, 2.75) is 26.3 Å². The first kappa shape index (κ1) is 23.1. The number of carbonyl (C=O) groups is 2. The number of aliphatic hydroxyl groups is 1. The molecule has 0 saturated carbocycles. The monoisotopic (exact) mass is 457 g/mol. The molecule has 1 saturated heterocycles. The second-order valence-corrected chi connectivity index (χ2v) is 8.12. The average Bonchev–Trinajstić information content (AvgIpc) is 3.13. The van der Waals surface area contributed by atoms with E-state index >= 15 is 0 Å². The van der Waals surface area contributed by atoms with Gasteiger partial charge >= 0.3 is 0 Å². The fourth-order valence-electron chi connectivity index (χ4n) is 4.10. The number of nitrogens with zero attached hydrogens (tertiary/aromatic N) is 1. The quantitative estimate of drug-likeness (QED) is 0.291. The first-order valence-corrected chi connectivity index (χ1v) is 11.2. The van der Waals surface area contributed by atoms with E-state index in [1.807, 2.05) is 38.1 Å². The normalized spacial score (nSPS) is 17.1. The molecule has 1 N–H and O–H groups in total. The van der Waals surface area contributed by atoms with Crippen LogP contribution in [-0.4, -0.2) is 30.5 Å². The number of aliphatic hydroxyl groups excluding tert-OH is 1. The fourth-order valence-corrected chi connectivity index (χ4v) is 4.10. The Bertz CT molecular complexity index is 1250. The average molecular weight is 458 g/mol. The number of ether oxygens (including phenoxy) is 2. The van der Waals surface area contributed by atoms with Gasteiger partial charge in [-0.2, -0.15) is 0 Å². The van der Waals surface area contributed by atoms with Crippen molar-refractivity contribution in [3.8, 4) is 11.5 Å². The summed E-state index contributed by atoms with van der Waals surface area (Å²) in [6.07, 6.45) is 0.840. The van der Waals surface area contributed by atoms with Gasteiger partial charge in [0.25, 0.3) is 11.7 Å². The predicted molar refractivity (Wildman–Crippen MR) is 131 cm³/mol. The van der Waals surface area contributed by atoms with Gasteiger partial charge in [-0.1, -0.05) is 61.0 Å². The van der Waals surface area contributed by atoms with Crippen LogP contribution in [0.3, 0.4) is 0 Å². The van der Waals surface area contributed by atoms with Gasteiger partial charge in [0.2, 0.25) is 0 Å². The number of para-hydroxylation sites is 1. The summed E-state index contributed by atoms with van der Waals surface area (Å²) >= 11 is 0. The number of aryl methyl sites for hydroxylation is 1. The molecule has 6 heteroatoms. The van der Waals surface area contributed by atoms with Crippen molar-refractivity contribution in [3.05, 3.63) is 95.1 Å². The fraction of sp³-hybridized carbons (Fsp3) is 0.214. The highest BCUT2D eigenvalue weighted by Crippen LogP contribution is 2.45. The molecule has 3 aromatic rings. The van der Waals surface area contributed by atoms with Gasteiger partial charge in [0.1, 0.15) is 17.3 Å². The molecule has 174 valence electrons. The number of Topliss-reactive ketones (excluding diaryl/α,β-unsaturated/α-hetero) is 1. The van der Waals surface area contributed by atoms with Gasteiger partial charge in [0.05, 0.1) is 25.3 Å². The molecule has 1 aliphatic rings. The molecule has 1 heterocycles. The molecule has 1 aliphatic heterocycles. The number of hydrogen-bond acceptors (Lipinski definition) is 5. The molecule has 34 heavy (non-hydrogen) atoms. The van der Waals surface area contributed by atoms with Gasteiger partial charge < -0.3 is 14.6 Å². The van der Waals surface area contributed by atoms with E-state index in [0.717, 1.165) is 12.0 Å². The highest BCUT2D eigenvalue weighted by Gasteiger charge is 2.48. The molecular weight excluding hydrogens is 430 g/mol. The summed E-state index contributed by atoms with van der Waals surface area (Å²) in [4.78, 5) is 28.1. The van der Waals surface area contributed by atoms with Gasteiger partial charge in [-0.25, -0.2) is 0 Å². The number of methoxy groups -OCH3 is 1. The summed E-state index contributed by atoms with van der Waals surface area (Å²) in [5.74, 6) is -0.604. The smallest absolute Gasteiger partial charge is 0.300 e. The van der Waals surface area contributed by atoms with E-state index in [9.17, 15) is 14.7 Å². The van der Waals surface area contributed by atoms with Crippen molar-refractivity contribution in [1.29, 1.82) is 0 Å². The zero-order valence-corrected chi connectivity index (χ0v) is 19.4. The lowest BCUT2D eigenvalue weighted by Gasteiger charge is -2.27. The molecule has 0 spiro atoms. The minimum absolute atomic E-state index is 0.0123. The Morgan fingerprint density at radius 1 is 1.00 bits per heavy atom. The van der Waals surface area contributed by atoms with Crippen LogP contribution in [0.25, 0.3) is 5.76 Å². The Morgan fingerprint density at radius 3 is 2.44 bits per heavy atom. The van der Waals surface area contributed by atoms with Crippen LogP contribution >= 0.6 is 0 Å². The summed E-state index contributed by atoms with van der Waals surface area (Å²) < 4.78 is 11.3. The van der Waals surface area contributed by atoms with Gasteiger partial charge in [0, 0.05) is 22.9 Å². The molecule has 0 aromatic heterocycles. The lowest BCUT2D eigenvalue weighted by Crippen LogP contribution is -2.29. The second kappa shape index (κ2) is 9.83. The van der Waals surface area contributed by atoms with E-state index in [-0.39, 0.29) is 11.3 Å². The standard InChI is InChI=1S/C28H27NO5/c1-4-16-34-21-9-7-8-20(17-21)29-25(22-10-5-6-11-23(22)33-3)24(27(31)28(29)32)26(30)19-14-12-18(2)13-15-19/h5-15,17,25,30H,4,16H2,1-3H3/b26-24+. The van der Waals surface area contributed by atoms with Crippen LogP contribution in [0, 0.1) is 6.92 Å². The molecule has 0 bridgehead atoms. The molecule has 6 nitrogen and oxygen atoms in total. The van der Waals surface area contributed by atoms with Gasteiger partial charge in [-0.05, 0) is 31.5 Å². The van der Waals surface area contributed by atoms with Crippen LogP contribution in [-0.2, 0) is 9.59 Å². The van der Waals surface area contributed by atoms with E-state index in [4.69, 9.17) is 9.47 Å². The minimum Gasteiger partial charge on any atom is -0.507 e. The molecule has 0 radical (unpaired) electrons. The highest BCUT2D eigenvalue weighted by molar-refractivity contribution is 6.51. The maximum Gasteiger partial charge on any atom is 0.300 e. The molecule has 1 amide bonds. The summed E-state index contributed by atoms with van der Waals surface area (Å²) in [7, 11) is 1.53. The van der Waals surface area contributed by atoms with Crippen molar-refractivity contribution >= 4 is 23.1 Å². The van der Waals surface area contributed by atoms with Crippen molar-refractivity contribution in [2.75, 3.05) is 18.6 Å². The molecule has 1 atom stereocenters. The summed E-state index contributed by atoms with van der Waals surface area (Å²) in [6.45, 7) is 4.48. The topological polar surface area (TPSA) is 76.1 Å². The van der Waals surface area contributed by atoms with Crippen molar-refractivity contribution < 1.29 is 24.2 Å². The number of benzene rings is 3. The molecule has 4 rings (SSSR count). The van der Waals surface area contributed by atoms with E-state index in [1.54, 1.807) is 48.5 Å². The Kier molecular flexibility index (Phi) is 6.68. The maximum absolute atomic E-state index is 13.4. The third kappa shape index (κ3) is 4.27. The number of carbonyl (C=O) groups excluding carboxylic acids is 2. The molecule has 1 fully saturated rings. The molecule has 0 aliphatic carbocycles. The van der Waals surface area contributed by atoms with Crippen LogP contribution in [0.2, 0.25) is 0 Å². The Hall–Kier alpha value is -4.06. The third-order valence-corrected chi connectivity index (χ3v) is 5.77. The summed E-state index contributed by atoms with van der Waals surface area (Å²) in [6, 6.07) is 20.5. The van der Waals surface area contributed by atoms with Crippen LogP contribution < -0.4 is 14.4 Å². The lowest BCUT2D eigenvalue weighted by molar-refractivity contribution is -0.132. The summed E-state index contributed by atoms with van der Waals surface area (Å²) in [5.41, 5.74) is 2.58. The minimum atomic E-state index is -0.876. The van der Waals surface area contributed by atoms with Crippen LogP contribution in [0.5, 0.6) is 11.5 Å². The van der Waals surface area contributed by atoms with E-state index < -0.39 is 17.7 Å². The van der Waals surface area contributed by atoms with Gasteiger partial charge in [-0.15, -0.1) is 0 Å². The largest absolute Gasteiger partial charge is 0.507 e. The Balaban J connectivity index is 1.92. The number of hydrogen-bond donors (Lipinski definition) is 1. The van der Waals surface area contributed by atoms with E-state index in [2.05, 4.69) is 0 Å². The van der Waals surface area contributed by atoms with Crippen molar-refractivity contribution in [2.24, 2.45) is 0 Å². The second-order valence-electron chi connectivity index (χ2n) is 8.12. The zero-order valence-electron chi connectivity index (χ0n) is 19.4. The summed E-state index contributed by atoms with van der Waals surface area (Å²) in [5, 5.41) is 11.2. The van der Waals surface area contributed by atoms with Gasteiger partial charge in [-0.3, -0.25) is 14.5 Å². The Labute approximate surface area is 199 Å². The molecule has 3 aromatic carbocycles. The zero-order chi connectivity index (χ0) is 24.2. The molecule has 1 unspecified atom stereocenters. The highest BCUT2D eigenvalue weighted by atomic mass is 16.5. The first-order valence-electron chi connectivity index (χ1n) is 11.2. The number of rotatable bonds is 7. The van der Waals surface area contributed by atoms with E-state index in [0.29, 0.717) is 34.9 Å². The van der Waals surface area contributed by atoms with E-state index in [1.165, 1.54) is 12.0 Å². The number of amides is 1. The van der Waals surface area contributed by atoms with Crippen LogP contribution in [0.15, 0.2) is 78.4 Å². The number of anilines is 1. The van der Waals surface area contributed by atoms with Crippen LogP contribution in [0.4, 0.5) is 5.69 Å². The number of ketones is 1. The van der Waals surface area contributed by atoms with Crippen LogP contribution in [0.1, 0.15) is 36.1 Å². The third-order valence-electron chi connectivity index (χ3n) is 5.77. The first-order chi connectivity index (χ1) is 16.5. The maximum atomic E-state index is 13.4. The molecular formula is C28H27NO5. The predicted octanol–water partition coefficient (Wildman–Crippen LogP) is 5.42. The Morgan fingerprint density at radius 2 is 1.74 bits per heavy atom. The van der Waals surface area contributed by atoms with Gasteiger partial charge in [0.15, 0.2) is 0 Å². The lowest BCUT2D eigenvalue weighted by atomic mass is 9.94. The SMILES string of the molecule is CCCOc1cccc(N2C(=O)C(=O)/C(=C(/O)c3ccc(C)cc3)C2c2ccccc2OC)c1. The van der Waals surface area contributed by atoms with Crippen molar-refractivity contribution in [3.63, 3.8) is 0 Å².